The number of fused-ring (bicyclic) bond motifs is 5. The van der Waals surface area contributed by atoms with Gasteiger partial charge >= 0.3 is 5.97 Å². The standard InChI is InChI=1S/C28H37ClO7/c1-14-12-22(36-23(32)15(14)2)26(5,33)27(34)11-9-17-16-13-19(29)28(35)21(31)7-6-20(30)25(28,4)18(16)8-10-24(17,27)3/h6-7,9,16,18-19,21-22,31,33-35H,8,10-13H2,1-5H3/t16-,18-,19-,21-,22+,24-,25-,26-,27-,28-/m0/s1. The van der Waals surface area contributed by atoms with Gasteiger partial charge in [-0.15, -0.1) is 11.6 Å². The van der Waals surface area contributed by atoms with Gasteiger partial charge in [0, 0.05) is 17.4 Å². The van der Waals surface area contributed by atoms with Crippen LogP contribution in [0.25, 0.3) is 0 Å². The fraction of sp³-hybridized carbons (Fsp3) is 0.714. The van der Waals surface area contributed by atoms with E-state index in [9.17, 15) is 30.0 Å². The zero-order valence-corrected chi connectivity index (χ0v) is 22.3. The van der Waals surface area contributed by atoms with Crippen molar-refractivity contribution in [2.45, 2.75) is 101 Å². The molecule has 5 aliphatic rings. The molecule has 0 aromatic heterocycles. The number of hydrogen-bond acceptors (Lipinski definition) is 7. The summed E-state index contributed by atoms with van der Waals surface area (Å²) in [5, 5.41) is 45.6. The van der Waals surface area contributed by atoms with Crippen molar-refractivity contribution >= 4 is 23.4 Å². The molecule has 2 saturated carbocycles. The lowest BCUT2D eigenvalue weighted by molar-refractivity contribution is -0.245. The molecule has 1 heterocycles. The minimum Gasteiger partial charge on any atom is -0.455 e. The SMILES string of the molecule is CC1=C(C)C(=O)O[C@@H]([C@](C)(O)[C@]2(O)CC=C3[C@@H]4C[C@H](Cl)[C@]5(O)[C@@H](O)C=CC(=O)[C@]5(C)[C@H]4CC[C@@]32C)C1. The first-order chi connectivity index (χ1) is 16.6. The van der Waals surface area contributed by atoms with Gasteiger partial charge in [-0.3, -0.25) is 4.79 Å². The fourth-order valence-electron chi connectivity index (χ4n) is 8.31. The molecule has 0 spiro atoms. The van der Waals surface area contributed by atoms with Crippen LogP contribution in [0.5, 0.6) is 0 Å². The number of ketones is 1. The van der Waals surface area contributed by atoms with Gasteiger partial charge in [0.2, 0.25) is 0 Å². The molecule has 1 aliphatic heterocycles. The number of carbonyl (C=O) groups excluding carboxylic acids is 2. The van der Waals surface area contributed by atoms with E-state index in [0.717, 1.165) is 11.1 Å². The van der Waals surface area contributed by atoms with Gasteiger partial charge in [0.05, 0.1) is 10.8 Å². The van der Waals surface area contributed by atoms with Crippen LogP contribution < -0.4 is 0 Å². The maximum Gasteiger partial charge on any atom is 0.334 e. The molecule has 0 amide bonds. The number of carbonyl (C=O) groups is 2. The fourth-order valence-corrected chi connectivity index (χ4v) is 8.86. The van der Waals surface area contributed by atoms with Crippen molar-refractivity contribution in [3.05, 3.63) is 34.9 Å². The lowest BCUT2D eigenvalue weighted by atomic mass is 9.43. The Bertz CT molecular complexity index is 1120. The average molecular weight is 521 g/mol. The number of rotatable bonds is 2. The molecule has 0 bridgehead atoms. The van der Waals surface area contributed by atoms with Crippen LogP contribution in [0.1, 0.15) is 66.7 Å². The molecular formula is C28H37ClO7. The van der Waals surface area contributed by atoms with Crippen LogP contribution in [0.15, 0.2) is 34.9 Å². The van der Waals surface area contributed by atoms with E-state index in [4.69, 9.17) is 16.3 Å². The first kappa shape index (κ1) is 26.1. The number of halogens is 1. The molecule has 0 aromatic carbocycles. The first-order valence-corrected chi connectivity index (χ1v) is 13.3. The van der Waals surface area contributed by atoms with Crippen LogP contribution in [-0.4, -0.2) is 66.6 Å². The van der Waals surface area contributed by atoms with Gasteiger partial charge in [0.15, 0.2) is 5.78 Å². The summed E-state index contributed by atoms with van der Waals surface area (Å²) in [4.78, 5) is 25.7. The molecular weight excluding hydrogens is 484 g/mol. The van der Waals surface area contributed by atoms with E-state index in [-0.39, 0.29) is 24.0 Å². The summed E-state index contributed by atoms with van der Waals surface area (Å²) in [6.07, 6.45) is 4.22. The van der Waals surface area contributed by atoms with Crippen LogP contribution in [0.4, 0.5) is 0 Å². The summed E-state index contributed by atoms with van der Waals surface area (Å²) in [6, 6.07) is 0. The number of esters is 1. The van der Waals surface area contributed by atoms with Crippen molar-refractivity contribution in [2.75, 3.05) is 0 Å². The summed E-state index contributed by atoms with van der Waals surface area (Å²) in [5.41, 5.74) is -5.05. The van der Waals surface area contributed by atoms with Gasteiger partial charge < -0.3 is 25.2 Å². The van der Waals surface area contributed by atoms with Gasteiger partial charge in [-0.05, 0) is 77.4 Å². The third-order valence-electron chi connectivity index (χ3n) is 11.1. The Morgan fingerprint density at radius 2 is 1.86 bits per heavy atom. The average Bonchev–Trinajstić information content (AvgIpc) is 3.10. The summed E-state index contributed by atoms with van der Waals surface area (Å²) >= 11 is 6.77. The Morgan fingerprint density at radius 1 is 1.19 bits per heavy atom. The van der Waals surface area contributed by atoms with Gasteiger partial charge in [-0.1, -0.05) is 24.1 Å². The second-order valence-electron chi connectivity index (χ2n) is 12.4. The molecule has 0 radical (unpaired) electrons. The molecule has 7 nitrogen and oxygen atoms in total. The number of cyclic esters (lactones) is 1. The van der Waals surface area contributed by atoms with E-state index in [1.54, 1.807) is 20.8 Å². The molecule has 8 heteroatoms. The zero-order chi connectivity index (χ0) is 26.6. The zero-order valence-electron chi connectivity index (χ0n) is 21.5. The van der Waals surface area contributed by atoms with Crippen molar-refractivity contribution in [1.29, 1.82) is 0 Å². The Hall–Kier alpha value is -1.51. The summed E-state index contributed by atoms with van der Waals surface area (Å²) in [6.45, 7) is 8.71. The molecule has 0 unspecified atom stereocenters. The van der Waals surface area contributed by atoms with Crippen LogP contribution in [-0.2, 0) is 14.3 Å². The first-order valence-electron chi connectivity index (χ1n) is 12.9. The van der Waals surface area contributed by atoms with E-state index in [1.807, 2.05) is 19.9 Å². The molecule has 4 aliphatic carbocycles. The third kappa shape index (κ3) is 2.84. The highest BCUT2D eigenvalue weighted by Gasteiger charge is 2.73. The largest absolute Gasteiger partial charge is 0.455 e. The van der Waals surface area contributed by atoms with E-state index in [1.165, 1.54) is 12.2 Å². The summed E-state index contributed by atoms with van der Waals surface area (Å²) in [7, 11) is 0. The predicted molar refractivity (Wildman–Crippen MR) is 133 cm³/mol. The van der Waals surface area contributed by atoms with Gasteiger partial charge in [0.1, 0.15) is 29.0 Å². The number of allylic oxidation sites excluding steroid dienone is 1. The highest BCUT2D eigenvalue weighted by molar-refractivity contribution is 6.22. The molecule has 10 atom stereocenters. The smallest absolute Gasteiger partial charge is 0.334 e. The van der Waals surface area contributed by atoms with E-state index < -0.39 is 51.2 Å². The van der Waals surface area contributed by atoms with Gasteiger partial charge in [-0.25, -0.2) is 4.79 Å². The topological polar surface area (TPSA) is 124 Å². The van der Waals surface area contributed by atoms with Gasteiger partial charge in [-0.2, -0.15) is 0 Å². The van der Waals surface area contributed by atoms with Crippen molar-refractivity contribution in [3.8, 4) is 0 Å². The lowest BCUT2D eigenvalue weighted by Crippen LogP contribution is -2.73. The maximum atomic E-state index is 13.3. The molecule has 0 aromatic rings. The Labute approximate surface area is 216 Å². The number of aliphatic hydroxyl groups is 4. The summed E-state index contributed by atoms with van der Waals surface area (Å²) < 4.78 is 5.62. The van der Waals surface area contributed by atoms with Crippen molar-refractivity contribution in [3.63, 3.8) is 0 Å². The molecule has 5 rings (SSSR count). The monoisotopic (exact) mass is 520 g/mol. The van der Waals surface area contributed by atoms with Crippen LogP contribution >= 0.6 is 11.6 Å². The highest BCUT2D eigenvalue weighted by Crippen LogP contribution is 2.68. The van der Waals surface area contributed by atoms with Crippen LogP contribution in [0.2, 0.25) is 0 Å². The van der Waals surface area contributed by atoms with Crippen LogP contribution in [0.3, 0.4) is 0 Å². The van der Waals surface area contributed by atoms with E-state index in [2.05, 4.69) is 0 Å². The van der Waals surface area contributed by atoms with Crippen molar-refractivity contribution < 1.29 is 34.8 Å². The number of alkyl halides is 1. The normalized spacial score (nSPS) is 50.1. The minimum atomic E-state index is -1.80. The Kier molecular flexibility index (Phi) is 5.63. The quantitative estimate of drug-likeness (QED) is 0.251. The molecule has 2 fully saturated rings. The molecule has 198 valence electrons. The summed E-state index contributed by atoms with van der Waals surface area (Å²) in [5.74, 6) is -1.26. The van der Waals surface area contributed by atoms with Gasteiger partial charge in [0.25, 0.3) is 0 Å². The van der Waals surface area contributed by atoms with E-state index in [0.29, 0.717) is 31.3 Å². The third-order valence-corrected chi connectivity index (χ3v) is 11.6. The number of ether oxygens (including phenoxy) is 1. The Morgan fingerprint density at radius 3 is 2.50 bits per heavy atom. The van der Waals surface area contributed by atoms with E-state index >= 15 is 0 Å². The van der Waals surface area contributed by atoms with Crippen molar-refractivity contribution in [2.24, 2.45) is 22.7 Å². The highest BCUT2D eigenvalue weighted by atomic mass is 35.5. The lowest BCUT2D eigenvalue weighted by Gasteiger charge is -2.64. The molecule has 36 heavy (non-hydrogen) atoms. The van der Waals surface area contributed by atoms with Crippen LogP contribution in [0, 0.1) is 22.7 Å². The maximum absolute atomic E-state index is 13.3. The second kappa shape index (κ2) is 7.76. The molecule has 0 saturated heterocycles. The van der Waals surface area contributed by atoms with Crippen molar-refractivity contribution in [1.82, 2.24) is 0 Å². The predicted octanol–water partition coefficient (Wildman–Crippen LogP) is 2.73. The number of hydrogen-bond donors (Lipinski definition) is 4. The second-order valence-corrected chi connectivity index (χ2v) is 12.9. The Balaban J connectivity index is 1.53. The number of aliphatic hydroxyl groups excluding tert-OH is 1. The molecule has 4 N–H and O–H groups in total. The minimum absolute atomic E-state index is 0.162.